The molecule has 0 aromatic rings. The van der Waals surface area contributed by atoms with Crippen molar-refractivity contribution >= 4 is 23.1 Å². The Morgan fingerprint density at radius 3 is 2.29 bits per heavy atom. The molecule has 14 heavy (non-hydrogen) atoms. The molecule has 0 aliphatic carbocycles. The zero-order chi connectivity index (χ0) is 11.3. The van der Waals surface area contributed by atoms with E-state index in [1.54, 1.807) is 0 Å². The molecule has 0 saturated carbocycles. The van der Waals surface area contributed by atoms with E-state index in [1.165, 1.54) is 0 Å². The molecule has 0 aliphatic heterocycles. The SMILES string of the molecule is CCC(C(N)=O)N(C)CC(C)C(N)=S. The molecule has 0 aromatic carbocycles. The molecule has 0 heterocycles. The fraction of sp³-hybridized carbons (Fsp3) is 0.778. The Morgan fingerprint density at radius 1 is 1.50 bits per heavy atom. The second-order valence-corrected chi connectivity index (χ2v) is 4.04. The van der Waals surface area contributed by atoms with E-state index >= 15 is 0 Å². The predicted molar refractivity (Wildman–Crippen MR) is 61.9 cm³/mol. The number of hydrogen-bond acceptors (Lipinski definition) is 3. The largest absolute Gasteiger partial charge is 0.393 e. The quantitative estimate of drug-likeness (QED) is 0.619. The van der Waals surface area contributed by atoms with Crippen LogP contribution in [-0.2, 0) is 4.79 Å². The third-order valence-electron chi connectivity index (χ3n) is 2.29. The molecule has 0 fully saturated rings. The van der Waals surface area contributed by atoms with Gasteiger partial charge in [0.1, 0.15) is 0 Å². The fourth-order valence-electron chi connectivity index (χ4n) is 1.38. The lowest BCUT2D eigenvalue weighted by Gasteiger charge is -2.26. The molecule has 0 aromatic heterocycles. The molecule has 0 radical (unpaired) electrons. The van der Waals surface area contributed by atoms with Gasteiger partial charge in [-0.2, -0.15) is 0 Å². The summed E-state index contributed by atoms with van der Waals surface area (Å²) in [5, 5.41) is 0. The molecule has 4 nitrogen and oxygen atoms in total. The Hall–Kier alpha value is -0.680. The fourth-order valence-corrected chi connectivity index (χ4v) is 1.45. The third-order valence-corrected chi connectivity index (χ3v) is 2.70. The first-order chi connectivity index (χ1) is 6.40. The highest BCUT2D eigenvalue weighted by atomic mass is 32.1. The zero-order valence-electron chi connectivity index (χ0n) is 8.99. The van der Waals surface area contributed by atoms with E-state index < -0.39 is 0 Å². The summed E-state index contributed by atoms with van der Waals surface area (Å²) >= 11 is 4.86. The van der Waals surface area contributed by atoms with Gasteiger partial charge in [-0.05, 0) is 13.5 Å². The lowest BCUT2D eigenvalue weighted by Crippen LogP contribution is -2.45. The van der Waals surface area contributed by atoms with Gasteiger partial charge in [0.2, 0.25) is 5.91 Å². The van der Waals surface area contributed by atoms with Gasteiger partial charge in [-0.25, -0.2) is 0 Å². The van der Waals surface area contributed by atoms with E-state index in [0.717, 1.165) is 0 Å². The number of carbonyl (C=O) groups excluding carboxylic acids is 1. The average molecular weight is 217 g/mol. The van der Waals surface area contributed by atoms with Crippen LogP contribution in [0.25, 0.3) is 0 Å². The minimum Gasteiger partial charge on any atom is -0.393 e. The minimum atomic E-state index is -0.301. The van der Waals surface area contributed by atoms with Crippen LogP contribution in [0.3, 0.4) is 0 Å². The lowest BCUT2D eigenvalue weighted by atomic mass is 10.1. The molecule has 0 spiro atoms. The van der Waals surface area contributed by atoms with Crippen molar-refractivity contribution < 1.29 is 4.79 Å². The minimum absolute atomic E-state index is 0.100. The van der Waals surface area contributed by atoms with Crippen molar-refractivity contribution in [2.24, 2.45) is 17.4 Å². The Bertz CT molecular complexity index is 220. The molecule has 1 amide bonds. The second kappa shape index (κ2) is 5.93. The van der Waals surface area contributed by atoms with Gasteiger partial charge in [0.15, 0.2) is 0 Å². The van der Waals surface area contributed by atoms with Gasteiger partial charge >= 0.3 is 0 Å². The maximum Gasteiger partial charge on any atom is 0.234 e. The standard InChI is InChI=1S/C9H19N3OS/c1-4-7(8(10)13)12(3)5-6(2)9(11)14/h6-7H,4-5H2,1-3H3,(H2,10,13)(H2,11,14). The summed E-state index contributed by atoms with van der Waals surface area (Å²) in [4.78, 5) is 13.4. The molecule has 4 N–H and O–H groups in total. The summed E-state index contributed by atoms with van der Waals surface area (Å²) in [7, 11) is 1.85. The number of carbonyl (C=O) groups is 1. The van der Waals surface area contributed by atoms with Gasteiger partial charge in [-0.1, -0.05) is 26.1 Å². The summed E-state index contributed by atoms with van der Waals surface area (Å²) < 4.78 is 0. The van der Waals surface area contributed by atoms with Crippen LogP contribution in [0.1, 0.15) is 20.3 Å². The summed E-state index contributed by atoms with van der Waals surface area (Å²) in [6.07, 6.45) is 0.704. The van der Waals surface area contributed by atoms with Gasteiger partial charge in [0.05, 0.1) is 11.0 Å². The first-order valence-electron chi connectivity index (χ1n) is 4.69. The molecule has 82 valence electrons. The van der Waals surface area contributed by atoms with Crippen LogP contribution >= 0.6 is 12.2 Å². The molecule has 2 unspecified atom stereocenters. The number of rotatable bonds is 6. The van der Waals surface area contributed by atoms with E-state index in [9.17, 15) is 4.79 Å². The Kier molecular flexibility index (Phi) is 5.64. The van der Waals surface area contributed by atoms with Crippen molar-refractivity contribution in [3.8, 4) is 0 Å². The van der Waals surface area contributed by atoms with Crippen LogP contribution in [0.4, 0.5) is 0 Å². The number of primary amides is 1. The van der Waals surface area contributed by atoms with Gasteiger partial charge in [0.25, 0.3) is 0 Å². The van der Waals surface area contributed by atoms with Crippen molar-refractivity contribution in [1.82, 2.24) is 4.90 Å². The maximum atomic E-state index is 11.0. The summed E-state index contributed by atoms with van der Waals surface area (Å²) in [6.45, 7) is 4.53. The predicted octanol–water partition coefficient (Wildman–Crippen LogP) is 0.104. The topological polar surface area (TPSA) is 72.4 Å². The zero-order valence-corrected chi connectivity index (χ0v) is 9.80. The summed E-state index contributed by atoms with van der Waals surface area (Å²) in [5.41, 5.74) is 10.7. The Labute approximate surface area is 90.6 Å². The van der Waals surface area contributed by atoms with Crippen LogP contribution < -0.4 is 11.5 Å². The number of amides is 1. The van der Waals surface area contributed by atoms with Gasteiger partial charge in [-0.15, -0.1) is 0 Å². The van der Waals surface area contributed by atoms with Crippen LogP contribution in [0.15, 0.2) is 0 Å². The summed E-state index contributed by atoms with van der Waals surface area (Å²) in [5.74, 6) is -0.200. The van der Waals surface area contributed by atoms with E-state index in [1.807, 2.05) is 25.8 Å². The lowest BCUT2D eigenvalue weighted by molar-refractivity contribution is -0.122. The van der Waals surface area contributed by atoms with Crippen LogP contribution in [0, 0.1) is 5.92 Å². The van der Waals surface area contributed by atoms with E-state index in [0.29, 0.717) is 18.0 Å². The number of likely N-dealkylation sites (N-methyl/N-ethyl adjacent to an activating group) is 1. The number of thiocarbonyl (C=S) groups is 1. The first kappa shape index (κ1) is 13.3. The smallest absolute Gasteiger partial charge is 0.234 e. The van der Waals surface area contributed by atoms with Gasteiger partial charge in [0, 0.05) is 12.5 Å². The second-order valence-electron chi connectivity index (χ2n) is 3.57. The normalized spacial score (nSPS) is 15.1. The van der Waals surface area contributed by atoms with E-state index in [-0.39, 0.29) is 17.9 Å². The Balaban J connectivity index is 4.23. The van der Waals surface area contributed by atoms with Crippen molar-refractivity contribution in [3.63, 3.8) is 0 Å². The van der Waals surface area contributed by atoms with Crippen LogP contribution in [-0.4, -0.2) is 35.4 Å². The van der Waals surface area contributed by atoms with Gasteiger partial charge < -0.3 is 11.5 Å². The van der Waals surface area contributed by atoms with Crippen molar-refractivity contribution in [2.75, 3.05) is 13.6 Å². The highest BCUT2D eigenvalue weighted by Gasteiger charge is 2.20. The molecular formula is C9H19N3OS. The van der Waals surface area contributed by atoms with Crippen molar-refractivity contribution in [1.29, 1.82) is 0 Å². The summed E-state index contributed by atoms with van der Waals surface area (Å²) in [6, 6.07) is -0.230. The molecule has 0 bridgehead atoms. The highest BCUT2D eigenvalue weighted by Crippen LogP contribution is 2.05. The molecule has 0 aliphatic rings. The van der Waals surface area contributed by atoms with Gasteiger partial charge in [-0.3, -0.25) is 9.69 Å². The molecular weight excluding hydrogens is 198 g/mol. The molecule has 5 heteroatoms. The maximum absolute atomic E-state index is 11.0. The van der Waals surface area contributed by atoms with Crippen LogP contribution in [0.2, 0.25) is 0 Å². The number of hydrogen-bond donors (Lipinski definition) is 2. The number of nitrogens with zero attached hydrogens (tertiary/aromatic N) is 1. The molecule has 0 saturated heterocycles. The van der Waals surface area contributed by atoms with Crippen molar-refractivity contribution in [3.05, 3.63) is 0 Å². The average Bonchev–Trinajstić information content (AvgIpc) is 2.04. The first-order valence-corrected chi connectivity index (χ1v) is 5.09. The highest BCUT2D eigenvalue weighted by molar-refractivity contribution is 7.80. The van der Waals surface area contributed by atoms with Crippen molar-refractivity contribution in [2.45, 2.75) is 26.3 Å². The monoisotopic (exact) mass is 217 g/mol. The molecule has 2 atom stereocenters. The van der Waals surface area contributed by atoms with Crippen LogP contribution in [0.5, 0.6) is 0 Å². The van der Waals surface area contributed by atoms with E-state index in [4.69, 9.17) is 23.7 Å². The number of nitrogens with two attached hydrogens (primary N) is 2. The van der Waals surface area contributed by atoms with E-state index in [2.05, 4.69) is 0 Å². The Morgan fingerprint density at radius 2 is 2.00 bits per heavy atom. The molecule has 0 rings (SSSR count). The third kappa shape index (κ3) is 4.02.